The molecule has 0 aromatic rings. The number of sulfone groups is 1. The topological polar surface area (TPSA) is 43.4 Å². The molecule has 0 N–H and O–H groups in total. The van der Waals surface area contributed by atoms with Crippen LogP contribution in [0.5, 0.6) is 0 Å². The van der Waals surface area contributed by atoms with E-state index in [-0.39, 0.29) is 11.3 Å². The molecule has 12 heavy (non-hydrogen) atoms. The lowest BCUT2D eigenvalue weighted by atomic mass is 9.83. The smallest absolute Gasteiger partial charge is 0.151 e. The summed E-state index contributed by atoms with van der Waals surface area (Å²) in [5, 5.41) is 0.740. The molecular formula is C7H11BrO3S. The molecule has 2 saturated heterocycles. The Morgan fingerprint density at radius 3 is 2.92 bits per heavy atom. The molecule has 0 unspecified atom stereocenters. The number of hydrogen-bond donors (Lipinski definition) is 0. The van der Waals surface area contributed by atoms with Crippen LogP contribution in [0.3, 0.4) is 0 Å². The van der Waals surface area contributed by atoms with Crippen LogP contribution >= 0.6 is 15.9 Å². The average molecular weight is 255 g/mol. The van der Waals surface area contributed by atoms with Gasteiger partial charge in [0.1, 0.15) is 0 Å². The third-order valence-electron chi connectivity index (χ3n) is 2.80. The minimum absolute atomic E-state index is 0.112. The molecule has 5 heteroatoms. The maximum atomic E-state index is 11.3. The van der Waals surface area contributed by atoms with Gasteiger partial charge in [-0.1, -0.05) is 15.9 Å². The van der Waals surface area contributed by atoms with Crippen LogP contribution < -0.4 is 0 Å². The second-order valence-electron chi connectivity index (χ2n) is 3.76. The Kier molecular flexibility index (Phi) is 2.01. The first-order chi connectivity index (χ1) is 5.58. The lowest BCUT2D eigenvalue weighted by Gasteiger charge is -2.21. The quantitative estimate of drug-likeness (QED) is 0.639. The van der Waals surface area contributed by atoms with Gasteiger partial charge < -0.3 is 4.74 Å². The standard InChI is InChI=1S/C7H11BrO3S/c8-3-7-4-11-1-6(7)2-12(9,10)5-7/h6H,1-5H2/t6-,7+/m1/s1. The minimum Gasteiger partial charge on any atom is -0.380 e. The summed E-state index contributed by atoms with van der Waals surface area (Å²) in [6, 6.07) is 0. The molecule has 2 atom stereocenters. The van der Waals surface area contributed by atoms with Crippen molar-refractivity contribution in [2.45, 2.75) is 0 Å². The second-order valence-corrected chi connectivity index (χ2v) is 6.43. The fraction of sp³-hybridized carbons (Fsp3) is 1.00. The molecule has 2 heterocycles. The Hall–Kier alpha value is 0.390. The van der Waals surface area contributed by atoms with E-state index in [1.165, 1.54) is 0 Å². The van der Waals surface area contributed by atoms with Crippen LogP contribution in [0.2, 0.25) is 0 Å². The van der Waals surface area contributed by atoms with Crippen molar-refractivity contribution >= 4 is 25.8 Å². The normalized spacial score (nSPS) is 44.6. The van der Waals surface area contributed by atoms with E-state index in [9.17, 15) is 8.42 Å². The number of halogens is 1. The van der Waals surface area contributed by atoms with E-state index in [1.807, 2.05) is 0 Å². The Morgan fingerprint density at radius 1 is 1.58 bits per heavy atom. The van der Waals surface area contributed by atoms with Crippen molar-refractivity contribution in [3.63, 3.8) is 0 Å². The van der Waals surface area contributed by atoms with Gasteiger partial charge in [-0.2, -0.15) is 0 Å². The fourth-order valence-corrected chi connectivity index (χ4v) is 5.63. The van der Waals surface area contributed by atoms with Crippen LogP contribution in [-0.2, 0) is 14.6 Å². The van der Waals surface area contributed by atoms with Gasteiger partial charge in [-0.25, -0.2) is 8.42 Å². The van der Waals surface area contributed by atoms with Gasteiger partial charge in [-0.05, 0) is 0 Å². The largest absolute Gasteiger partial charge is 0.380 e. The first-order valence-electron chi connectivity index (χ1n) is 3.92. The molecule has 0 aliphatic carbocycles. The first-order valence-corrected chi connectivity index (χ1v) is 6.86. The number of alkyl halides is 1. The van der Waals surface area contributed by atoms with E-state index in [0.29, 0.717) is 24.7 Å². The molecule has 0 amide bonds. The van der Waals surface area contributed by atoms with E-state index < -0.39 is 9.84 Å². The van der Waals surface area contributed by atoms with Crippen molar-refractivity contribution in [3.8, 4) is 0 Å². The summed E-state index contributed by atoms with van der Waals surface area (Å²) in [6.07, 6.45) is 0. The highest BCUT2D eigenvalue weighted by Gasteiger charge is 2.53. The molecule has 0 spiro atoms. The van der Waals surface area contributed by atoms with E-state index in [0.717, 1.165) is 5.33 Å². The molecule has 0 aromatic carbocycles. The maximum Gasteiger partial charge on any atom is 0.151 e. The van der Waals surface area contributed by atoms with E-state index in [2.05, 4.69) is 15.9 Å². The fourth-order valence-electron chi connectivity index (χ4n) is 2.07. The lowest BCUT2D eigenvalue weighted by Crippen LogP contribution is -2.30. The van der Waals surface area contributed by atoms with E-state index in [1.54, 1.807) is 0 Å². The third kappa shape index (κ3) is 1.22. The summed E-state index contributed by atoms with van der Waals surface area (Å²) < 4.78 is 28.0. The molecule has 0 radical (unpaired) electrons. The summed E-state index contributed by atoms with van der Waals surface area (Å²) >= 11 is 3.38. The highest BCUT2D eigenvalue weighted by molar-refractivity contribution is 9.09. The lowest BCUT2D eigenvalue weighted by molar-refractivity contribution is 0.168. The van der Waals surface area contributed by atoms with Crippen LogP contribution in [0.4, 0.5) is 0 Å². The van der Waals surface area contributed by atoms with Gasteiger partial charge in [0.2, 0.25) is 0 Å². The molecule has 2 rings (SSSR count). The van der Waals surface area contributed by atoms with Crippen LogP contribution in [0.1, 0.15) is 0 Å². The number of hydrogen-bond acceptors (Lipinski definition) is 3. The van der Waals surface area contributed by atoms with Crippen LogP contribution in [0.15, 0.2) is 0 Å². The second kappa shape index (κ2) is 2.69. The molecular weight excluding hydrogens is 244 g/mol. The minimum atomic E-state index is -2.79. The van der Waals surface area contributed by atoms with Crippen molar-refractivity contribution in [2.75, 3.05) is 30.0 Å². The molecule has 70 valence electrons. The zero-order valence-electron chi connectivity index (χ0n) is 6.62. The number of rotatable bonds is 1. The predicted molar refractivity (Wildman–Crippen MR) is 49.2 cm³/mol. The van der Waals surface area contributed by atoms with Gasteiger partial charge in [-0.3, -0.25) is 0 Å². The summed E-state index contributed by atoms with van der Waals surface area (Å²) in [7, 11) is -2.79. The Morgan fingerprint density at radius 2 is 2.33 bits per heavy atom. The van der Waals surface area contributed by atoms with Crippen molar-refractivity contribution in [1.82, 2.24) is 0 Å². The molecule has 0 bridgehead atoms. The molecule has 3 nitrogen and oxygen atoms in total. The van der Waals surface area contributed by atoms with Crippen molar-refractivity contribution in [2.24, 2.45) is 11.3 Å². The summed E-state index contributed by atoms with van der Waals surface area (Å²) in [6.45, 7) is 1.22. The summed E-state index contributed by atoms with van der Waals surface area (Å²) in [4.78, 5) is 0. The van der Waals surface area contributed by atoms with Gasteiger partial charge >= 0.3 is 0 Å². The summed E-state index contributed by atoms with van der Waals surface area (Å²) in [5.74, 6) is 0.844. The molecule has 0 aromatic heterocycles. The predicted octanol–water partition coefficient (Wildman–Crippen LogP) is 0.443. The number of ether oxygens (including phenoxy) is 1. The van der Waals surface area contributed by atoms with Gasteiger partial charge in [-0.15, -0.1) is 0 Å². The van der Waals surface area contributed by atoms with Gasteiger partial charge in [0.05, 0.1) is 24.7 Å². The first kappa shape index (κ1) is 8.97. The van der Waals surface area contributed by atoms with Crippen molar-refractivity contribution < 1.29 is 13.2 Å². The third-order valence-corrected chi connectivity index (χ3v) is 5.84. The van der Waals surface area contributed by atoms with Crippen LogP contribution in [-0.4, -0.2) is 38.5 Å². The van der Waals surface area contributed by atoms with Crippen molar-refractivity contribution in [1.29, 1.82) is 0 Å². The molecule has 2 aliphatic rings. The zero-order chi connectivity index (χ0) is 8.82. The number of fused-ring (bicyclic) bond motifs is 1. The van der Waals surface area contributed by atoms with Gasteiger partial charge in [0.25, 0.3) is 0 Å². The monoisotopic (exact) mass is 254 g/mol. The highest BCUT2D eigenvalue weighted by Crippen LogP contribution is 2.43. The van der Waals surface area contributed by atoms with Crippen LogP contribution in [0, 0.1) is 11.3 Å². The van der Waals surface area contributed by atoms with Gasteiger partial charge in [0.15, 0.2) is 9.84 Å². The van der Waals surface area contributed by atoms with Gasteiger partial charge in [0, 0.05) is 16.7 Å². The zero-order valence-corrected chi connectivity index (χ0v) is 9.03. The maximum absolute atomic E-state index is 11.3. The summed E-state index contributed by atoms with van der Waals surface area (Å²) in [5.41, 5.74) is -0.112. The Bertz CT molecular complexity index is 287. The van der Waals surface area contributed by atoms with Crippen LogP contribution in [0.25, 0.3) is 0 Å². The Labute approximate surface area is 80.5 Å². The molecule has 0 saturated carbocycles. The molecule has 2 fully saturated rings. The van der Waals surface area contributed by atoms with Crippen molar-refractivity contribution in [3.05, 3.63) is 0 Å². The molecule has 2 aliphatic heterocycles. The van der Waals surface area contributed by atoms with E-state index in [4.69, 9.17) is 4.74 Å². The SMILES string of the molecule is O=S1(=O)C[C@H]2COC[C@@]2(CBr)C1. The highest BCUT2D eigenvalue weighted by atomic mass is 79.9. The average Bonchev–Trinajstić information content (AvgIpc) is 2.40. The van der Waals surface area contributed by atoms with E-state index >= 15 is 0 Å². The Balaban J connectivity index is 2.32.